The van der Waals surface area contributed by atoms with Crippen LogP contribution in [0.1, 0.15) is 54.1 Å². The quantitative estimate of drug-likeness (QED) is 0.667. The summed E-state index contributed by atoms with van der Waals surface area (Å²) in [7, 11) is 0. The number of benzene rings is 1. The average molecular weight is 364 g/mol. The Labute approximate surface area is 157 Å². The molecule has 1 aliphatic heterocycles. The molecule has 1 atom stereocenters. The molecule has 0 bridgehead atoms. The second-order valence-electron chi connectivity index (χ2n) is 7.70. The van der Waals surface area contributed by atoms with E-state index in [4.69, 9.17) is 5.10 Å². The van der Waals surface area contributed by atoms with E-state index < -0.39 is 0 Å². The molecule has 0 spiro atoms. The van der Waals surface area contributed by atoms with Crippen molar-refractivity contribution in [3.63, 3.8) is 0 Å². The zero-order valence-electron chi connectivity index (χ0n) is 15.3. The molecular formula is C21H24N4O2. The van der Waals surface area contributed by atoms with E-state index in [-0.39, 0.29) is 17.4 Å². The fourth-order valence-electron chi connectivity index (χ4n) is 4.62. The number of nitrogens with zero attached hydrogens (tertiary/aromatic N) is 2. The van der Waals surface area contributed by atoms with Gasteiger partial charge in [0.1, 0.15) is 11.4 Å². The molecule has 2 aliphatic rings. The molecule has 1 saturated heterocycles. The second-order valence-corrected chi connectivity index (χ2v) is 7.70. The molecule has 1 aromatic carbocycles. The fourth-order valence-corrected chi connectivity index (χ4v) is 4.62. The summed E-state index contributed by atoms with van der Waals surface area (Å²) < 4.78 is 1.90. The van der Waals surface area contributed by atoms with Gasteiger partial charge in [0.15, 0.2) is 0 Å². The first-order valence-electron chi connectivity index (χ1n) is 9.86. The van der Waals surface area contributed by atoms with Crippen LogP contribution >= 0.6 is 0 Å². The third-order valence-corrected chi connectivity index (χ3v) is 5.89. The van der Waals surface area contributed by atoms with Crippen LogP contribution in [-0.2, 0) is 19.4 Å². The first kappa shape index (κ1) is 16.6. The highest BCUT2D eigenvalue weighted by Gasteiger charge is 2.28. The van der Waals surface area contributed by atoms with Gasteiger partial charge in [0, 0.05) is 10.9 Å². The van der Waals surface area contributed by atoms with Crippen LogP contribution < -0.4 is 10.9 Å². The van der Waals surface area contributed by atoms with Gasteiger partial charge >= 0.3 is 0 Å². The van der Waals surface area contributed by atoms with Crippen LogP contribution in [0, 0.1) is 0 Å². The van der Waals surface area contributed by atoms with E-state index in [2.05, 4.69) is 10.3 Å². The SMILES string of the molecule is O=c1[nH]c2c(c(C3CCCN3)nn2Cc2cccc(O)c2)c2c1CCCC2. The summed E-state index contributed by atoms with van der Waals surface area (Å²) in [5.74, 6) is 0.243. The lowest BCUT2D eigenvalue weighted by atomic mass is 9.89. The van der Waals surface area contributed by atoms with Crippen molar-refractivity contribution in [2.24, 2.45) is 0 Å². The number of aromatic hydroxyl groups is 1. The van der Waals surface area contributed by atoms with E-state index in [1.807, 2.05) is 16.8 Å². The Bertz CT molecular complexity index is 1060. The zero-order valence-corrected chi connectivity index (χ0v) is 15.3. The lowest BCUT2D eigenvalue weighted by Gasteiger charge is -2.17. The van der Waals surface area contributed by atoms with Crippen LogP contribution in [-0.4, -0.2) is 26.4 Å². The highest BCUT2D eigenvalue weighted by molar-refractivity contribution is 5.84. The van der Waals surface area contributed by atoms with Gasteiger partial charge in [-0.3, -0.25) is 4.79 Å². The number of hydrogen-bond donors (Lipinski definition) is 3. The minimum atomic E-state index is 0.0280. The monoisotopic (exact) mass is 364 g/mol. The smallest absolute Gasteiger partial charge is 0.253 e. The molecule has 6 nitrogen and oxygen atoms in total. The van der Waals surface area contributed by atoms with E-state index in [1.165, 1.54) is 5.56 Å². The number of pyridine rings is 1. The Morgan fingerprint density at radius 3 is 2.81 bits per heavy atom. The van der Waals surface area contributed by atoms with E-state index >= 15 is 0 Å². The van der Waals surface area contributed by atoms with Crippen LogP contribution in [0.25, 0.3) is 11.0 Å². The number of rotatable bonds is 3. The maximum atomic E-state index is 12.7. The standard InChI is InChI=1S/C21H24N4O2/c26-14-6-3-5-13(11-14)12-25-20-18(19(24-25)17-9-4-10-22-17)15-7-1-2-8-16(15)21(27)23-20/h3,5-6,11,17,22,26H,1-2,4,7-10,12H2,(H,23,27). The molecule has 3 heterocycles. The molecular weight excluding hydrogens is 340 g/mol. The molecule has 140 valence electrons. The maximum Gasteiger partial charge on any atom is 0.253 e. The fraction of sp³-hybridized carbons (Fsp3) is 0.429. The zero-order chi connectivity index (χ0) is 18.4. The average Bonchev–Trinajstić information content (AvgIpc) is 3.31. The van der Waals surface area contributed by atoms with E-state index in [0.717, 1.165) is 72.9 Å². The van der Waals surface area contributed by atoms with Crippen LogP contribution in [0.2, 0.25) is 0 Å². The summed E-state index contributed by atoms with van der Waals surface area (Å²) in [6.07, 6.45) is 6.24. The molecule has 3 aromatic rings. The number of H-pyrrole nitrogens is 1. The predicted octanol–water partition coefficient (Wildman–Crippen LogP) is 2.78. The minimum absolute atomic E-state index is 0.0280. The molecule has 6 heteroatoms. The minimum Gasteiger partial charge on any atom is -0.508 e. The molecule has 2 aromatic heterocycles. The van der Waals surface area contributed by atoms with Crippen LogP contribution in [0.3, 0.4) is 0 Å². The Morgan fingerprint density at radius 1 is 1.19 bits per heavy atom. The van der Waals surface area contributed by atoms with Crippen molar-refractivity contribution >= 4 is 11.0 Å². The van der Waals surface area contributed by atoms with Gasteiger partial charge < -0.3 is 15.4 Å². The van der Waals surface area contributed by atoms with Gasteiger partial charge in [-0.05, 0) is 68.3 Å². The first-order chi connectivity index (χ1) is 13.2. The summed E-state index contributed by atoms with van der Waals surface area (Å²) >= 11 is 0. The number of fused-ring (bicyclic) bond motifs is 3. The van der Waals surface area contributed by atoms with Gasteiger partial charge in [-0.1, -0.05) is 12.1 Å². The number of aryl methyl sites for hydroxylation is 1. The largest absolute Gasteiger partial charge is 0.508 e. The highest BCUT2D eigenvalue weighted by Crippen LogP contribution is 2.34. The first-order valence-corrected chi connectivity index (χ1v) is 9.86. The molecule has 27 heavy (non-hydrogen) atoms. The third kappa shape index (κ3) is 2.84. The van der Waals surface area contributed by atoms with Gasteiger partial charge in [-0.15, -0.1) is 0 Å². The van der Waals surface area contributed by atoms with E-state index in [1.54, 1.807) is 12.1 Å². The van der Waals surface area contributed by atoms with Gasteiger partial charge in [0.05, 0.1) is 18.3 Å². The van der Waals surface area contributed by atoms with Crippen molar-refractivity contribution in [2.75, 3.05) is 6.54 Å². The van der Waals surface area contributed by atoms with E-state index in [9.17, 15) is 9.90 Å². The Morgan fingerprint density at radius 2 is 2.04 bits per heavy atom. The Balaban J connectivity index is 1.71. The molecule has 5 rings (SSSR count). The summed E-state index contributed by atoms with van der Waals surface area (Å²) in [5, 5.41) is 19.4. The van der Waals surface area contributed by atoms with Crippen LogP contribution in [0.4, 0.5) is 0 Å². The van der Waals surface area contributed by atoms with Gasteiger partial charge in [-0.2, -0.15) is 5.10 Å². The van der Waals surface area contributed by atoms with Crippen LogP contribution in [0.15, 0.2) is 29.1 Å². The number of aromatic nitrogens is 3. The molecule has 0 radical (unpaired) electrons. The Kier molecular flexibility index (Phi) is 4.01. The second kappa shape index (κ2) is 6.53. The van der Waals surface area contributed by atoms with Gasteiger partial charge in [0.25, 0.3) is 5.56 Å². The lowest BCUT2D eigenvalue weighted by Crippen LogP contribution is -2.20. The number of aromatic amines is 1. The molecule has 1 unspecified atom stereocenters. The van der Waals surface area contributed by atoms with Crippen molar-refractivity contribution in [2.45, 2.75) is 51.1 Å². The summed E-state index contributed by atoms with van der Waals surface area (Å²) in [6, 6.07) is 7.46. The number of phenols is 1. The van der Waals surface area contributed by atoms with Crippen molar-refractivity contribution in [3.05, 3.63) is 57.0 Å². The molecule has 1 fully saturated rings. The van der Waals surface area contributed by atoms with Crippen molar-refractivity contribution in [3.8, 4) is 5.75 Å². The molecule has 0 amide bonds. The van der Waals surface area contributed by atoms with Gasteiger partial charge in [-0.25, -0.2) is 4.68 Å². The molecule has 0 saturated carbocycles. The summed E-state index contributed by atoms with van der Waals surface area (Å²) in [6.45, 7) is 1.53. The topological polar surface area (TPSA) is 82.9 Å². The maximum absolute atomic E-state index is 12.7. The van der Waals surface area contributed by atoms with Gasteiger partial charge in [0.2, 0.25) is 0 Å². The van der Waals surface area contributed by atoms with Crippen LogP contribution in [0.5, 0.6) is 5.75 Å². The number of hydrogen-bond acceptors (Lipinski definition) is 4. The lowest BCUT2D eigenvalue weighted by molar-refractivity contribution is 0.474. The number of nitrogens with one attached hydrogen (secondary N) is 2. The summed E-state index contributed by atoms with van der Waals surface area (Å²) in [5.41, 5.74) is 5.02. The normalized spacial score (nSPS) is 19.5. The van der Waals surface area contributed by atoms with Crippen molar-refractivity contribution in [1.82, 2.24) is 20.1 Å². The van der Waals surface area contributed by atoms with Crippen molar-refractivity contribution in [1.29, 1.82) is 0 Å². The molecule has 1 aliphatic carbocycles. The highest BCUT2D eigenvalue weighted by atomic mass is 16.3. The Hall–Kier alpha value is -2.60. The summed E-state index contributed by atoms with van der Waals surface area (Å²) in [4.78, 5) is 15.8. The number of phenolic OH excluding ortho intramolecular Hbond substituents is 1. The third-order valence-electron chi connectivity index (χ3n) is 5.89. The van der Waals surface area contributed by atoms with Crippen molar-refractivity contribution < 1.29 is 5.11 Å². The van der Waals surface area contributed by atoms with E-state index in [0.29, 0.717) is 6.54 Å². The molecule has 3 N–H and O–H groups in total. The predicted molar refractivity (Wildman–Crippen MR) is 104 cm³/mol.